The summed E-state index contributed by atoms with van der Waals surface area (Å²) in [6.07, 6.45) is 2.74. The number of hydrogen-bond acceptors (Lipinski definition) is 4. The Kier molecular flexibility index (Phi) is 3.73. The standard InChI is InChI=1S/C8H15N3O/c1-3-4-7-10-11-8(12-7)5-6-9-2/h9H,3-6H2,1-2H3. The van der Waals surface area contributed by atoms with Crippen molar-refractivity contribution >= 4 is 0 Å². The van der Waals surface area contributed by atoms with Gasteiger partial charge in [0.15, 0.2) is 0 Å². The molecule has 0 radical (unpaired) electrons. The van der Waals surface area contributed by atoms with Gasteiger partial charge in [-0.15, -0.1) is 10.2 Å². The van der Waals surface area contributed by atoms with Crippen molar-refractivity contribution in [1.82, 2.24) is 15.5 Å². The van der Waals surface area contributed by atoms with Crippen LogP contribution in [0, 0.1) is 0 Å². The fourth-order valence-corrected chi connectivity index (χ4v) is 0.936. The zero-order chi connectivity index (χ0) is 8.81. The maximum absolute atomic E-state index is 5.36. The Bertz CT molecular complexity index is 222. The van der Waals surface area contributed by atoms with Gasteiger partial charge in [-0.25, -0.2) is 0 Å². The minimum Gasteiger partial charge on any atom is -0.425 e. The molecular weight excluding hydrogens is 154 g/mol. The van der Waals surface area contributed by atoms with Gasteiger partial charge in [-0.2, -0.15) is 0 Å². The highest BCUT2D eigenvalue weighted by molar-refractivity contribution is 4.82. The highest BCUT2D eigenvalue weighted by Crippen LogP contribution is 2.02. The molecule has 0 aliphatic carbocycles. The maximum Gasteiger partial charge on any atom is 0.217 e. The van der Waals surface area contributed by atoms with E-state index in [2.05, 4.69) is 22.4 Å². The molecule has 0 unspecified atom stereocenters. The average molecular weight is 169 g/mol. The summed E-state index contributed by atoms with van der Waals surface area (Å²) < 4.78 is 5.36. The molecule has 12 heavy (non-hydrogen) atoms. The lowest BCUT2D eigenvalue weighted by molar-refractivity contribution is 0.444. The fraction of sp³-hybridized carbons (Fsp3) is 0.750. The Morgan fingerprint density at radius 1 is 1.25 bits per heavy atom. The van der Waals surface area contributed by atoms with Crippen LogP contribution in [0.5, 0.6) is 0 Å². The van der Waals surface area contributed by atoms with Crippen molar-refractivity contribution < 1.29 is 4.42 Å². The van der Waals surface area contributed by atoms with Crippen molar-refractivity contribution in [2.75, 3.05) is 13.6 Å². The smallest absolute Gasteiger partial charge is 0.217 e. The van der Waals surface area contributed by atoms with E-state index >= 15 is 0 Å². The first-order valence-electron chi connectivity index (χ1n) is 4.32. The van der Waals surface area contributed by atoms with Crippen LogP contribution in [0.15, 0.2) is 4.42 Å². The summed E-state index contributed by atoms with van der Waals surface area (Å²) in [5.74, 6) is 1.48. The second kappa shape index (κ2) is 4.87. The molecule has 0 atom stereocenters. The van der Waals surface area contributed by atoms with Crippen molar-refractivity contribution in [2.24, 2.45) is 0 Å². The van der Waals surface area contributed by atoms with Crippen molar-refractivity contribution in [3.63, 3.8) is 0 Å². The molecule has 0 aromatic carbocycles. The van der Waals surface area contributed by atoms with E-state index < -0.39 is 0 Å². The van der Waals surface area contributed by atoms with Gasteiger partial charge in [-0.1, -0.05) is 6.92 Å². The van der Waals surface area contributed by atoms with E-state index in [-0.39, 0.29) is 0 Å². The van der Waals surface area contributed by atoms with Crippen LogP contribution in [0.25, 0.3) is 0 Å². The van der Waals surface area contributed by atoms with Crippen LogP contribution in [-0.2, 0) is 12.8 Å². The van der Waals surface area contributed by atoms with Gasteiger partial charge in [0.25, 0.3) is 0 Å². The van der Waals surface area contributed by atoms with Crippen LogP contribution < -0.4 is 5.32 Å². The molecule has 1 N–H and O–H groups in total. The monoisotopic (exact) mass is 169 g/mol. The van der Waals surface area contributed by atoms with Gasteiger partial charge >= 0.3 is 0 Å². The van der Waals surface area contributed by atoms with Gasteiger partial charge < -0.3 is 9.73 Å². The van der Waals surface area contributed by atoms with E-state index in [1.165, 1.54) is 0 Å². The molecule has 0 spiro atoms. The van der Waals surface area contributed by atoms with E-state index in [4.69, 9.17) is 4.42 Å². The van der Waals surface area contributed by atoms with Crippen molar-refractivity contribution in [3.8, 4) is 0 Å². The summed E-state index contributed by atoms with van der Waals surface area (Å²) in [5, 5.41) is 10.9. The molecular formula is C8H15N3O. The summed E-state index contributed by atoms with van der Waals surface area (Å²) in [4.78, 5) is 0. The van der Waals surface area contributed by atoms with Crippen LogP contribution in [0.1, 0.15) is 25.1 Å². The predicted molar refractivity (Wildman–Crippen MR) is 45.9 cm³/mol. The normalized spacial score (nSPS) is 10.5. The largest absolute Gasteiger partial charge is 0.425 e. The maximum atomic E-state index is 5.36. The number of aromatic nitrogens is 2. The minimum atomic E-state index is 0.729. The fourth-order valence-electron chi connectivity index (χ4n) is 0.936. The molecule has 0 aliphatic rings. The second-order valence-electron chi connectivity index (χ2n) is 2.69. The molecule has 4 heteroatoms. The lowest BCUT2D eigenvalue weighted by Gasteiger charge is -1.91. The zero-order valence-corrected chi connectivity index (χ0v) is 7.63. The van der Waals surface area contributed by atoms with Crippen molar-refractivity contribution in [2.45, 2.75) is 26.2 Å². The van der Waals surface area contributed by atoms with Gasteiger partial charge in [0, 0.05) is 19.4 Å². The minimum absolute atomic E-state index is 0.729. The molecule has 0 saturated carbocycles. The van der Waals surface area contributed by atoms with Crippen LogP contribution in [0.3, 0.4) is 0 Å². The Balaban J connectivity index is 2.41. The van der Waals surface area contributed by atoms with E-state index in [0.717, 1.165) is 37.6 Å². The first-order chi connectivity index (χ1) is 5.86. The lowest BCUT2D eigenvalue weighted by atomic mass is 10.3. The topological polar surface area (TPSA) is 51.0 Å². The molecule has 1 rings (SSSR count). The summed E-state index contributed by atoms with van der Waals surface area (Å²) in [6, 6.07) is 0. The number of nitrogens with zero attached hydrogens (tertiary/aromatic N) is 2. The highest BCUT2D eigenvalue weighted by atomic mass is 16.4. The number of rotatable bonds is 5. The number of likely N-dealkylation sites (N-methyl/N-ethyl adjacent to an activating group) is 1. The van der Waals surface area contributed by atoms with Crippen LogP contribution in [0.4, 0.5) is 0 Å². The van der Waals surface area contributed by atoms with E-state index in [0.29, 0.717) is 0 Å². The molecule has 1 heterocycles. The van der Waals surface area contributed by atoms with Crippen molar-refractivity contribution in [1.29, 1.82) is 0 Å². The predicted octanol–water partition coefficient (Wildman–Crippen LogP) is 0.784. The van der Waals surface area contributed by atoms with E-state index in [9.17, 15) is 0 Å². The molecule has 0 aliphatic heterocycles. The van der Waals surface area contributed by atoms with Gasteiger partial charge in [0.2, 0.25) is 11.8 Å². The SMILES string of the molecule is CCCc1nnc(CCNC)o1. The summed E-state index contributed by atoms with van der Waals surface area (Å²) >= 11 is 0. The first-order valence-corrected chi connectivity index (χ1v) is 4.32. The Hall–Kier alpha value is -0.900. The molecule has 4 nitrogen and oxygen atoms in total. The molecule has 0 bridgehead atoms. The molecule has 1 aromatic rings. The molecule has 0 saturated heterocycles. The third-order valence-corrected chi connectivity index (χ3v) is 1.56. The van der Waals surface area contributed by atoms with Gasteiger partial charge in [0.1, 0.15) is 0 Å². The van der Waals surface area contributed by atoms with E-state index in [1.807, 2.05) is 7.05 Å². The molecule has 1 aromatic heterocycles. The first kappa shape index (κ1) is 9.19. The summed E-state index contributed by atoms with van der Waals surface area (Å²) in [6.45, 7) is 2.98. The van der Waals surface area contributed by atoms with Crippen LogP contribution >= 0.6 is 0 Å². The highest BCUT2D eigenvalue weighted by Gasteiger charge is 2.03. The van der Waals surface area contributed by atoms with Gasteiger partial charge in [-0.05, 0) is 13.5 Å². The number of nitrogens with one attached hydrogen (secondary N) is 1. The Morgan fingerprint density at radius 3 is 2.50 bits per heavy atom. The summed E-state index contributed by atoms with van der Waals surface area (Å²) in [5.41, 5.74) is 0. The van der Waals surface area contributed by atoms with E-state index in [1.54, 1.807) is 0 Å². The van der Waals surface area contributed by atoms with Gasteiger partial charge in [0.05, 0.1) is 0 Å². The van der Waals surface area contributed by atoms with Crippen molar-refractivity contribution in [3.05, 3.63) is 11.8 Å². The number of hydrogen-bond donors (Lipinski definition) is 1. The lowest BCUT2D eigenvalue weighted by Crippen LogP contribution is -2.10. The van der Waals surface area contributed by atoms with Crippen LogP contribution in [0.2, 0.25) is 0 Å². The van der Waals surface area contributed by atoms with Crippen LogP contribution in [-0.4, -0.2) is 23.8 Å². The van der Waals surface area contributed by atoms with Gasteiger partial charge in [-0.3, -0.25) is 0 Å². The molecule has 0 fully saturated rings. The second-order valence-corrected chi connectivity index (χ2v) is 2.69. The molecule has 68 valence electrons. The summed E-state index contributed by atoms with van der Waals surface area (Å²) in [7, 11) is 1.91. The Labute approximate surface area is 72.4 Å². The quantitative estimate of drug-likeness (QED) is 0.707. The zero-order valence-electron chi connectivity index (χ0n) is 7.63. The third-order valence-electron chi connectivity index (χ3n) is 1.56. The number of aryl methyl sites for hydroxylation is 1. The third kappa shape index (κ3) is 2.62. The average Bonchev–Trinajstić information content (AvgIpc) is 2.50. The Morgan fingerprint density at radius 2 is 1.92 bits per heavy atom. The molecule has 0 amide bonds.